The Morgan fingerprint density at radius 2 is 1.35 bits per heavy atom. The van der Waals surface area contributed by atoms with Gasteiger partial charge in [0.2, 0.25) is 0 Å². The van der Waals surface area contributed by atoms with Gasteiger partial charge >= 0.3 is 18.1 Å². The van der Waals surface area contributed by atoms with Crippen LogP contribution in [0.15, 0.2) is 42.5 Å². The standard InChI is InChI=1S/C15H9F3O5/c16-15(17,18)8-1-3-9(4-2-8)23-10-5-6-11(13(19)20)12(7-10)14(21)22/h1-7H,(H,19,20)(H,21,22). The normalized spacial score (nSPS) is 11.1. The number of hydrogen-bond donors (Lipinski definition) is 2. The molecule has 0 bridgehead atoms. The molecule has 2 aromatic rings. The SMILES string of the molecule is O=C(O)c1ccc(Oc2ccc(C(F)(F)F)cc2)cc1C(=O)O. The molecule has 5 nitrogen and oxygen atoms in total. The highest BCUT2D eigenvalue weighted by atomic mass is 19.4. The summed E-state index contributed by atoms with van der Waals surface area (Å²) in [5, 5.41) is 17.9. The number of rotatable bonds is 4. The van der Waals surface area contributed by atoms with E-state index in [1.165, 1.54) is 6.07 Å². The van der Waals surface area contributed by atoms with E-state index in [1.54, 1.807) is 0 Å². The van der Waals surface area contributed by atoms with Crippen LogP contribution < -0.4 is 4.74 Å². The summed E-state index contributed by atoms with van der Waals surface area (Å²) in [4.78, 5) is 22.0. The van der Waals surface area contributed by atoms with Crippen LogP contribution >= 0.6 is 0 Å². The van der Waals surface area contributed by atoms with Crippen LogP contribution in [0.2, 0.25) is 0 Å². The van der Waals surface area contributed by atoms with E-state index in [0.29, 0.717) is 0 Å². The first-order valence-electron chi connectivity index (χ1n) is 6.14. The average molecular weight is 326 g/mol. The Morgan fingerprint density at radius 3 is 1.83 bits per heavy atom. The first-order valence-corrected chi connectivity index (χ1v) is 6.14. The quantitative estimate of drug-likeness (QED) is 0.890. The summed E-state index contributed by atoms with van der Waals surface area (Å²) in [5.74, 6) is -2.83. The van der Waals surface area contributed by atoms with Crippen molar-refractivity contribution in [3.8, 4) is 11.5 Å². The predicted octanol–water partition coefficient (Wildman–Crippen LogP) is 3.89. The fourth-order valence-electron chi connectivity index (χ4n) is 1.80. The molecule has 8 heteroatoms. The molecule has 2 rings (SSSR count). The fraction of sp³-hybridized carbons (Fsp3) is 0.0667. The zero-order valence-electron chi connectivity index (χ0n) is 11.3. The average Bonchev–Trinajstić information content (AvgIpc) is 2.46. The van der Waals surface area contributed by atoms with E-state index < -0.39 is 34.8 Å². The summed E-state index contributed by atoms with van der Waals surface area (Å²) in [7, 11) is 0. The number of carbonyl (C=O) groups is 2. The van der Waals surface area contributed by atoms with Crippen molar-refractivity contribution in [2.75, 3.05) is 0 Å². The van der Waals surface area contributed by atoms with Gasteiger partial charge in [-0.25, -0.2) is 9.59 Å². The minimum atomic E-state index is -4.47. The van der Waals surface area contributed by atoms with Gasteiger partial charge in [-0.15, -0.1) is 0 Å². The van der Waals surface area contributed by atoms with Crippen LogP contribution in [0.5, 0.6) is 11.5 Å². The molecule has 0 fully saturated rings. The molecular weight excluding hydrogens is 317 g/mol. The Labute approximate surface area is 127 Å². The molecule has 0 atom stereocenters. The van der Waals surface area contributed by atoms with Crippen LogP contribution in [0.4, 0.5) is 13.2 Å². The van der Waals surface area contributed by atoms with E-state index in [-0.39, 0.29) is 11.5 Å². The Hall–Kier alpha value is -3.03. The Bertz CT molecular complexity index is 751. The predicted molar refractivity (Wildman–Crippen MR) is 71.9 cm³/mol. The van der Waals surface area contributed by atoms with Crippen molar-refractivity contribution >= 4 is 11.9 Å². The Kier molecular flexibility index (Phi) is 4.26. The molecule has 0 amide bonds. The lowest BCUT2D eigenvalue weighted by Gasteiger charge is -2.10. The molecule has 23 heavy (non-hydrogen) atoms. The van der Waals surface area contributed by atoms with Crippen molar-refractivity contribution in [3.63, 3.8) is 0 Å². The highest BCUT2D eigenvalue weighted by molar-refractivity contribution is 6.02. The van der Waals surface area contributed by atoms with E-state index in [0.717, 1.165) is 36.4 Å². The second kappa shape index (κ2) is 5.99. The number of ether oxygens (including phenoxy) is 1. The minimum absolute atomic E-state index is 0.00726. The van der Waals surface area contributed by atoms with Crippen molar-refractivity contribution in [1.29, 1.82) is 0 Å². The molecule has 0 saturated carbocycles. The monoisotopic (exact) mass is 326 g/mol. The zero-order chi connectivity index (χ0) is 17.2. The van der Waals surface area contributed by atoms with E-state index in [1.807, 2.05) is 0 Å². The lowest BCUT2D eigenvalue weighted by Crippen LogP contribution is -2.08. The van der Waals surface area contributed by atoms with Crippen LogP contribution in [-0.2, 0) is 6.18 Å². The first kappa shape index (κ1) is 16.3. The van der Waals surface area contributed by atoms with Gasteiger partial charge in [-0.1, -0.05) is 0 Å². The molecule has 0 unspecified atom stereocenters. The van der Waals surface area contributed by atoms with E-state index in [2.05, 4.69) is 0 Å². The third kappa shape index (κ3) is 3.79. The van der Waals surface area contributed by atoms with Crippen LogP contribution in [0.25, 0.3) is 0 Å². The lowest BCUT2D eigenvalue weighted by atomic mass is 10.1. The molecule has 0 saturated heterocycles. The number of carboxylic acids is 2. The van der Waals surface area contributed by atoms with Gasteiger partial charge in [0.25, 0.3) is 0 Å². The molecule has 0 heterocycles. The van der Waals surface area contributed by atoms with E-state index in [9.17, 15) is 22.8 Å². The van der Waals surface area contributed by atoms with Gasteiger partial charge in [-0.3, -0.25) is 0 Å². The van der Waals surface area contributed by atoms with Crippen LogP contribution in [-0.4, -0.2) is 22.2 Å². The molecule has 2 N–H and O–H groups in total. The third-order valence-corrected chi connectivity index (χ3v) is 2.87. The van der Waals surface area contributed by atoms with Crippen molar-refractivity contribution in [1.82, 2.24) is 0 Å². The molecule has 0 aliphatic rings. The summed E-state index contributed by atoms with van der Waals surface area (Å²) in [5.41, 5.74) is -1.75. The number of carboxylic acid groups (broad SMARTS) is 2. The summed E-state index contributed by atoms with van der Waals surface area (Å²) < 4.78 is 42.6. The first-order chi connectivity index (χ1) is 10.7. The molecule has 0 radical (unpaired) electrons. The van der Waals surface area contributed by atoms with Crippen molar-refractivity contribution < 1.29 is 37.7 Å². The van der Waals surface area contributed by atoms with Gasteiger partial charge in [0, 0.05) is 0 Å². The lowest BCUT2D eigenvalue weighted by molar-refractivity contribution is -0.137. The maximum Gasteiger partial charge on any atom is 0.416 e. The maximum atomic E-state index is 12.4. The molecule has 120 valence electrons. The second-order valence-electron chi connectivity index (χ2n) is 4.44. The highest BCUT2D eigenvalue weighted by Crippen LogP contribution is 2.31. The summed E-state index contributed by atoms with van der Waals surface area (Å²) in [6, 6.07) is 7.04. The number of alkyl halides is 3. The largest absolute Gasteiger partial charge is 0.478 e. The highest BCUT2D eigenvalue weighted by Gasteiger charge is 2.30. The topological polar surface area (TPSA) is 83.8 Å². The van der Waals surface area contributed by atoms with Gasteiger partial charge < -0.3 is 14.9 Å². The van der Waals surface area contributed by atoms with Gasteiger partial charge in [-0.05, 0) is 42.5 Å². The van der Waals surface area contributed by atoms with Crippen molar-refractivity contribution in [2.45, 2.75) is 6.18 Å². The van der Waals surface area contributed by atoms with E-state index >= 15 is 0 Å². The zero-order valence-corrected chi connectivity index (χ0v) is 11.3. The van der Waals surface area contributed by atoms with Crippen molar-refractivity contribution in [2.24, 2.45) is 0 Å². The van der Waals surface area contributed by atoms with Crippen LogP contribution in [0, 0.1) is 0 Å². The number of halogens is 3. The molecule has 0 aromatic heterocycles. The number of hydrogen-bond acceptors (Lipinski definition) is 3. The fourth-order valence-corrected chi connectivity index (χ4v) is 1.80. The maximum absolute atomic E-state index is 12.4. The smallest absolute Gasteiger partial charge is 0.416 e. The van der Waals surface area contributed by atoms with Crippen molar-refractivity contribution in [3.05, 3.63) is 59.2 Å². The van der Waals surface area contributed by atoms with Gasteiger partial charge in [0.15, 0.2) is 0 Å². The van der Waals surface area contributed by atoms with Gasteiger partial charge in [0.1, 0.15) is 11.5 Å². The van der Waals surface area contributed by atoms with E-state index in [4.69, 9.17) is 14.9 Å². The second-order valence-corrected chi connectivity index (χ2v) is 4.44. The van der Waals surface area contributed by atoms with Crippen LogP contribution in [0.1, 0.15) is 26.3 Å². The molecule has 0 aliphatic carbocycles. The van der Waals surface area contributed by atoms with Crippen LogP contribution in [0.3, 0.4) is 0 Å². The summed E-state index contributed by atoms with van der Waals surface area (Å²) in [6.07, 6.45) is -4.47. The number of aromatic carboxylic acids is 2. The summed E-state index contributed by atoms with van der Waals surface area (Å²) in [6.45, 7) is 0. The summed E-state index contributed by atoms with van der Waals surface area (Å²) >= 11 is 0. The molecule has 0 spiro atoms. The van der Waals surface area contributed by atoms with Gasteiger partial charge in [-0.2, -0.15) is 13.2 Å². The molecule has 0 aliphatic heterocycles. The number of benzene rings is 2. The minimum Gasteiger partial charge on any atom is -0.478 e. The Morgan fingerprint density at radius 1 is 0.826 bits per heavy atom. The Balaban J connectivity index is 2.28. The third-order valence-electron chi connectivity index (χ3n) is 2.87. The van der Waals surface area contributed by atoms with Gasteiger partial charge in [0.05, 0.1) is 16.7 Å². The molecular formula is C15H9F3O5. The molecule has 2 aromatic carbocycles.